The summed E-state index contributed by atoms with van der Waals surface area (Å²) < 4.78 is 11.0. The molecule has 0 saturated heterocycles. The Morgan fingerprint density at radius 1 is 1.00 bits per heavy atom. The van der Waals surface area contributed by atoms with Crippen LogP contribution in [0.5, 0.6) is 11.5 Å². The van der Waals surface area contributed by atoms with Gasteiger partial charge < -0.3 is 24.8 Å². The first kappa shape index (κ1) is 27.0. The predicted molar refractivity (Wildman–Crippen MR) is 134 cm³/mol. The number of amides is 2. The SMILES string of the molecule is CCCCC(NC(=O)N(CCCCc1ccccc1)Cc1cc(OC)c(C)c(OC)c1)C(=O)O. The summed E-state index contributed by atoms with van der Waals surface area (Å²) in [5.41, 5.74) is 3.01. The van der Waals surface area contributed by atoms with Crippen molar-refractivity contribution in [2.45, 2.75) is 65.0 Å². The Kier molecular flexibility index (Phi) is 11.2. The van der Waals surface area contributed by atoms with Crippen LogP contribution < -0.4 is 14.8 Å². The van der Waals surface area contributed by atoms with Crippen LogP contribution in [0.1, 0.15) is 55.7 Å². The van der Waals surface area contributed by atoms with Crippen LogP contribution in [0.4, 0.5) is 4.79 Å². The van der Waals surface area contributed by atoms with Crippen molar-refractivity contribution in [1.29, 1.82) is 0 Å². The number of benzene rings is 2. The summed E-state index contributed by atoms with van der Waals surface area (Å²) >= 11 is 0. The topological polar surface area (TPSA) is 88.1 Å². The summed E-state index contributed by atoms with van der Waals surface area (Å²) in [6.07, 6.45) is 4.66. The third-order valence-corrected chi connectivity index (χ3v) is 5.90. The van der Waals surface area contributed by atoms with E-state index in [1.165, 1.54) is 5.56 Å². The highest BCUT2D eigenvalue weighted by Gasteiger charge is 2.23. The number of carbonyl (C=O) groups excluding carboxylic acids is 1. The zero-order valence-electron chi connectivity index (χ0n) is 20.8. The second-order valence-corrected chi connectivity index (χ2v) is 8.47. The van der Waals surface area contributed by atoms with Gasteiger partial charge in [0.1, 0.15) is 17.5 Å². The molecule has 1 atom stereocenters. The summed E-state index contributed by atoms with van der Waals surface area (Å²) in [6, 6.07) is 12.8. The van der Waals surface area contributed by atoms with Crippen molar-refractivity contribution in [3.05, 3.63) is 59.2 Å². The normalized spacial score (nSPS) is 11.5. The zero-order valence-corrected chi connectivity index (χ0v) is 20.8. The predicted octanol–water partition coefficient (Wildman–Crippen LogP) is 5.19. The lowest BCUT2D eigenvalue weighted by atomic mass is 10.1. The van der Waals surface area contributed by atoms with Crippen LogP contribution in [0.3, 0.4) is 0 Å². The average Bonchev–Trinajstić information content (AvgIpc) is 2.84. The molecule has 1 unspecified atom stereocenters. The summed E-state index contributed by atoms with van der Waals surface area (Å²) in [5, 5.41) is 12.3. The van der Waals surface area contributed by atoms with E-state index >= 15 is 0 Å². The number of nitrogens with one attached hydrogen (secondary N) is 1. The monoisotopic (exact) mass is 470 g/mol. The maximum Gasteiger partial charge on any atom is 0.326 e. The first-order chi connectivity index (χ1) is 16.4. The Labute approximate surface area is 203 Å². The number of hydrogen-bond donors (Lipinski definition) is 2. The van der Waals surface area contributed by atoms with Crippen LogP contribution in [0.2, 0.25) is 0 Å². The van der Waals surface area contributed by atoms with E-state index in [1.54, 1.807) is 19.1 Å². The van der Waals surface area contributed by atoms with Gasteiger partial charge in [0.25, 0.3) is 0 Å². The van der Waals surface area contributed by atoms with Crippen molar-refractivity contribution >= 4 is 12.0 Å². The summed E-state index contributed by atoms with van der Waals surface area (Å²) in [5.74, 6) is 0.361. The fraction of sp³-hybridized carbons (Fsp3) is 0.481. The number of urea groups is 1. The number of carboxylic acid groups (broad SMARTS) is 1. The molecule has 186 valence electrons. The minimum absolute atomic E-state index is 0.324. The second kappa shape index (κ2) is 14.1. The molecule has 0 radical (unpaired) electrons. The molecule has 0 aliphatic heterocycles. The number of carboxylic acids is 1. The third kappa shape index (κ3) is 8.28. The van der Waals surface area contributed by atoms with Crippen molar-refractivity contribution in [2.75, 3.05) is 20.8 Å². The molecule has 2 aromatic rings. The quantitative estimate of drug-likeness (QED) is 0.371. The molecule has 2 N–H and O–H groups in total. The van der Waals surface area contributed by atoms with E-state index in [0.717, 1.165) is 43.2 Å². The molecule has 0 fully saturated rings. The molecule has 0 heterocycles. The van der Waals surface area contributed by atoms with Crippen LogP contribution in [-0.4, -0.2) is 48.8 Å². The van der Waals surface area contributed by atoms with Gasteiger partial charge in [0.2, 0.25) is 0 Å². The lowest BCUT2D eigenvalue weighted by molar-refractivity contribution is -0.139. The summed E-state index contributed by atoms with van der Waals surface area (Å²) in [4.78, 5) is 26.5. The van der Waals surface area contributed by atoms with Gasteiger partial charge in [-0.2, -0.15) is 0 Å². The Balaban J connectivity index is 2.15. The van der Waals surface area contributed by atoms with Crippen LogP contribution in [0.15, 0.2) is 42.5 Å². The number of hydrogen-bond acceptors (Lipinski definition) is 4. The van der Waals surface area contributed by atoms with Gasteiger partial charge in [-0.3, -0.25) is 0 Å². The van der Waals surface area contributed by atoms with Gasteiger partial charge in [-0.25, -0.2) is 9.59 Å². The highest BCUT2D eigenvalue weighted by molar-refractivity contribution is 5.82. The van der Waals surface area contributed by atoms with Gasteiger partial charge in [-0.15, -0.1) is 0 Å². The maximum atomic E-state index is 13.2. The van der Waals surface area contributed by atoms with Crippen LogP contribution >= 0.6 is 0 Å². The molecule has 7 heteroatoms. The zero-order chi connectivity index (χ0) is 24.9. The van der Waals surface area contributed by atoms with Gasteiger partial charge in [0.05, 0.1) is 14.2 Å². The fourth-order valence-corrected chi connectivity index (χ4v) is 3.89. The Hall–Kier alpha value is -3.22. The van der Waals surface area contributed by atoms with E-state index in [-0.39, 0.29) is 6.03 Å². The van der Waals surface area contributed by atoms with Gasteiger partial charge in [0, 0.05) is 18.7 Å². The Bertz CT molecular complexity index is 891. The number of methoxy groups -OCH3 is 2. The molecule has 0 aliphatic carbocycles. The van der Waals surface area contributed by atoms with Gasteiger partial charge in [0.15, 0.2) is 0 Å². The molecular weight excluding hydrogens is 432 g/mol. The molecule has 0 saturated carbocycles. The van der Waals surface area contributed by atoms with E-state index in [1.807, 2.05) is 44.2 Å². The summed E-state index contributed by atoms with van der Waals surface area (Å²) in [6.45, 7) is 4.75. The van der Waals surface area contributed by atoms with Crippen molar-refractivity contribution in [3.63, 3.8) is 0 Å². The highest BCUT2D eigenvalue weighted by Crippen LogP contribution is 2.30. The second-order valence-electron chi connectivity index (χ2n) is 8.47. The molecule has 2 amide bonds. The van der Waals surface area contributed by atoms with E-state index in [9.17, 15) is 14.7 Å². The van der Waals surface area contributed by atoms with E-state index < -0.39 is 12.0 Å². The summed E-state index contributed by atoms with van der Waals surface area (Å²) in [7, 11) is 3.20. The minimum Gasteiger partial charge on any atom is -0.496 e. The van der Waals surface area contributed by atoms with Crippen molar-refractivity contribution in [1.82, 2.24) is 10.2 Å². The van der Waals surface area contributed by atoms with Crippen molar-refractivity contribution < 1.29 is 24.2 Å². The van der Waals surface area contributed by atoms with Crippen LogP contribution in [-0.2, 0) is 17.8 Å². The molecule has 0 aliphatic rings. The lowest BCUT2D eigenvalue weighted by Crippen LogP contribution is -2.48. The average molecular weight is 471 g/mol. The molecular formula is C27H38N2O5. The van der Waals surface area contributed by atoms with Gasteiger partial charge >= 0.3 is 12.0 Å². The molecule has 2 rings (SSSR count). The van der Waals surface area contributed by atoms with Crippen molar-refractivity contribution in [2.24, 2.45) is 0 Å². The van der Waals surface area contributed by atoms with Crippen LogP contribution in [0, 0.1) is 6.92 Å². The molecule has 0 bridgehead atoms. The minimum atomic E-state index is -1.01. The molecule has 34 heavy (non-hydrogen) atoms. The number of aryl methyl sites for hydroxylation is 1. The largest absolute Gasteiger partial charge is 0.496 e. The van der Waals surface area contributed by atoms with Gasteiger partial charge in [-0.1, -0.05) is 50.1 Å². The number of ether oxygens (including phenoxy) is 2. The Morgan fingerprint density at radius 3 is 2.21 bits per heavy atom. The van der Waals surface area contributed by atoms with Gasteiger partial charge in [-0.05, 0) is 55.9 Å². The fourth-order valence-electron chi connectivity index (χ4n) is 3.89. The Morgan fingerprint density at radius 2 is 1.65 bits per heavy atom. The molecule has 0 spiro atoms. The number of nitrogens with zero attached hydrogens (tertiary/aromatic N) is 1. The first-order valence-corrected chi connectivity index (χ1v) is 11.9. The number of carbonyl (C=O) groups is 2. The lowest BCUT2D eigenvalue weighted by Gasteiger charge is -2.26. The van der Waals surface area contributed by atoms with Crippen molar-refractivity contribution in [3.8, 4) is 11.5 Å². The number of aliphatic carboxylic acids is 1. The standard InChI is InChI=1S/C27H38N2O5/c1-5-6-15-23(26(30)31)28-27(32)29(16-11-10-14-21-12-8-7-9-13-21)19-22-17-24(33-3)20(2)25(18-22)34-4/h7-9,12-13,17-18,23H,5-6,10-11,14-16,19H2,1-4H3,(H,28,32)(H,30,31). The first-order valence-electron chi connectivity index (χ1n) is 11.9. The number of unbranched alkanes of at least 4 members (excludes halogenated alkanes) is 2. The van der Waals surface area contributed by atoms with E-state index in [4.69, 9.17) is 9.47 Å². The number of rotatable bonds is 14. The van der Waals surface area contributed by atoms with Crippen LogP contribution in [0.25, 0.3) is 0 Å². The molecule has 2 aromatic carbocycles. The highest BCUT2D eigenvalue weighted by atomic mass is 16.5. The maximum absolute atomic E-state index is 13.2. The third-order valence-electron chi connectivity index (χ3n) is 5.90. The van der Waals surface area contributed by atoms with E-state index in [2.05, 4.69) is 17.4 Å². The molecule has 7 nitrogen and oxygen atoms in total. The smallest absolute Gasteiger partial charge is 0.326 e. The molecule has 0 aromatic heterocycles. The van der Waals surface area contributed by atoms with E-state index in [0.29, 0.717) is 31.0 Å².